The van der Waals surface area contributed by atoms with E-state index in [9.17, 15) is 0 Å². The molecule has 13 rings (SSSR count). The zero-order chi connectivity index (χ0) is 63.0. The molecule has 88 heavy (non-hydrogen) atoms. The molecule has 16 nitrogen and oxygen atoms in total. The second-order valence-electron chi connectivity index (χ2n) is 18.9. The van der Waals surface area contributed by atoms with E-state index >= 15 is 70.2 Å². The van der Waals surface area contributed by atoms with Gasteiger partial charge in [0.2, 0.25) is 0 Å². The van der Waals surface area contributed by atoms with Crippen LogP contribution in [-0.2, 0) is 0 Å². The van der Waals surface area contributed by atoms with Crippen LogP contribution in [0.15, 0.2) is 0 Å². The lowest BCUT2D eigenvalue weighted by molar-refractivity contribution is 0.395. The van der Waals surface area contributed by atoms with Crippen LogP contribution in [0.1, 0.15) is 0 Å². The molecule has 32 heteroatoms. The van der Waals surface area contributed by atoms with Gasteiger partial charge >= 0.3 is 0 Å². The van der Waals surface area contributed by atoms with Crippen molar-refractivity contribution in [2.45, 2.75) is 0 Å². The quantitative estimate of drug-likeness (QED) is 0.0832. The summed E-state index contributed by atoms with van der Waals surface area (Å²) in [5, 5.41) is -12.1. The summed E-state index contributed by atoms with van der Waals surface area (Å²) in [5.74, 6) is -46.7. The van der Waals surface area contributed by atoms with E-state index in [4.69, 9.17) is 37.9 Å². The monoisotopic (exact) mass is 1240 g/mol. The van der Waals surface area contributed by atoms with Gasteiger partial charge in [0.25, 0.3) is 0 Å². The SMILES string of the molecule is COc1c2c(c(OC)c3c(F)c(F)c(F)c(F)c13)-c1nc-2nc2[nH]c(nc3nc(nc4[nH]c(n1)c1c(OC)c5c(F)c(F)c(F)c(F)c5c(OC)c41)-c1c-3c(OC)c3c(F)c(F)c(F)c(F)c3c1OC)c1c(OC)c3c(F)c(F)c(F)c(F)c3c(OC)c21. The van der Waals surface area contributed by atoms with Gasteiger partial charge in [-0.1, -0.05) is 0 Å². The Kier molecular flexibility index (Phi) is 12.5. The Morgan fingerprint density at radius 3 is 0.489 bits per heavy atom. The largest absolute Gasteiger partial charge is 0.495 e. The number of aromatic amines is 2. The maximum atomic E-state index is 16.5. The number of H-pyrrole nitrogens is 2. The number of aromatic nitrogens is 8. The molecule has 8 aromatic carbocycles. The number of methoxy groups -OCH3 is 8. The molecule has 0 radical (unpaired) electrons. The standard InChI is InChI=1S/C56H26F16N8O8/c1-81-41-9-10(26(58)34(66)33(65)25(9)57)42(82-2)18-17(41)49-73-50(18)78-52-21-22(46(86-6)14-13(45(21)85-5)29(61)37(69)38(70)30(14)62)54(75-52)80-56-24-23(47(87-7)15-16(48(24)88-8)32(64)40(72)39(71)31(15)63)55(76-56)79-53-20-19(51(74-53)77-49)43(83-3)11-12(44(20)84-4)28(60)36(68)35(67)27(11)59/h1-8H3,(H2,73,74,75,76,77,78,79,80). The molecule has 0 aliphatic carbocycles. The second-order valence-corrected chi connectivity index (χ2v) is 18.9. The Labute approximate surface area is 475 Å². The van der Waals surface area contributed by atoms with Gasteiger partial charge < -0.3 is 47.9 Å². The number of ether oxygens (including phenoxy) is 8. The van der Waals surface area contributed by atoms with Crippen molar-refractivity contribution in [3.63, 3.8) is 0 Å². The first-order valence-corrected chi connectivity index (χ1v) is 24.6. The average Bonchev–Trinajstić information content (AvgIpc) is 1.62. The van der Waals surface area contributed by atoms with Crippen LogP contribution in [0.5, 0.6) is 46.0 Å². The number of fused-ring (bicyclic) bond motifs is 24. The lowest BCUT2D eigenvalue weighted by atomic mass is 9.96. The fourth-order valence-electron chi connectivity index (χ4n) is 11.5. The van der Waals surface area contributed by atoms with Crippen molar-refractivity contribution in [1.29, 1.82) is 0 Å². The predicted octanol–water partition coefficient (Wildman–Crippen LogP) is 13.8. The molecule has 8 bridgehead atoms. The highest BCUT2D eigenvalue weighted by Gasteiger charge is 2.41. The zero-order valence-corrected chi connectivity index (χ0v) is 45.0. The van der Waals surface area contributed by atoms with Gasteiger partial charge in [-0.15, -0.1) is 0 Å². The van der Waals surface area contributed by atoms with Crippen molar-refractivity contribution in [2.24, 2.45) is 0 Å². The molecule has 5 heterocycles. The number of benzene rings is 8. The third-order valence-corrected chi connectivity index (χ3v) is 14.9. The lowest BCUT2D eigenvalue weighted by Crippen LogP contribution is -2.04. The molecule has 2 aliphatic rings. The summed E-state index contributed by atoms with van der Waals surface area (Å²) in [5.41, 5.74) is -5.84. The molecule has 0 saturated heterocycles. The van der Waals surface area contributed by atoms with E-state index in [0.29, 0.717) is 0 Å². The fourth-order valence-corrected chi connectivity index (χ4v) is 11.5. The van der Waals surface area contributed by atoms with E-state index in [1.165, 1.54) is 0 Å². The van der Waals surface area contributed by atoms with Crippen LogP contribution in [-0.4, -0.2) is 96.8 Å². The van der Waals surface area contributed by atoms with Crippen LogP contribution >= 0.6 is 0 Å². The smallest absolute Gasteiger partial charge is 0.198 e. The van der Waals surface area contributed by atoms with E-state index in [-0.39, 0.29) is 0 Å². The maximum absolute atomic E-state index is 16.5. The summed E-state index contributed by atoms with van der Waals surface area (Å²) >= 11 is 0. The zero-order valence-electron chi connectivity index (χ0n) is 45.0. The maximum Gasteiger partial charge on any atom is 0.198 e. The summed E-state index contributed by atoms with van der Waals surface area (Å²) in [6, 6.07) is 0. The molecule has 3 aromatic heterocycles. The van der Waals surface area contributed by atoms with Crippen molar-refractivity contribution in [3.8, 4) is 91.5 Å². The first kappa shape index (κ1) is 56.6. The van der Waals surface area contributed by atoms with Crippen molar-refractivity contribution in [2.75, 3.05) is 56.9 Å². The van der Waals surface area contributed by atoms with Gasteiger partial charge in [0, 0.05) is 0 Å². The molecule has 0 amide bonds. The molecular weight excluding hydrogens is 1220 g/mol. The molecule has 0 spiro atoms. The van der Waals surface area contributed by atoms with Gasteiger partial charge in [0.15, 0.2) is 116 Å². The predicted molar refractivity (Wildman–Crippen MR) is 278 cm³/mol. The molecule has 11 aromatic rings. The molecule has 0 saturated carbocycles. The van der Waals surface area contributed by atoms with Crippen LogP contribution < -0.4 is 37.9 Å². The minimum atomic E-state index is -2.38. The minimum Gasteiger partial charge on any atom is -0.495 e. The Balaban J connectivity index is 1.40. The molecule has 0 fully saturated rings. The van der Waals surface area contributed by atoms with E-state index in [1.54, 1.807) is 0 Å². The van der Waals surface area contributed by atoms with E-state index in [2.05, 4.69) is 39.9 Å². The number of nitrogens with one attached hydrogen (secondary N) is 2. The van der Waals surface area contributed by atoms with Gasteiger partial charge in [-0.3, -0.25) is 0 Å². The van der Waals surface area contributed by atoms with Crippen molar-refractivity contribution in [1.82, 2.24) is 39.9 Å². The second kappa shape index (κ2) is 19.5. The van der Waals surface area contributed by atoms with Crippen LogP contribution in [0.4, 0.5) is 70.2 Å². The summed E-state index contributed by atoms with van der Waals surface area (Å²) in [6.07, 6.45) is 0. The molecule has 0 atom stereocenters. The highest BCUT2D eigenvalue weighted by atomic mass is 19.2. The summed E-state index contributed by atoms with van der Waals surface area (Å²) in [7, 11) is 6.69. The van der Waals surface area contributed by atoms with E-state index in [1.807, 2.05) is 0 Å². The molecule has 0 unspecified atom stereocenters. The van der Waals surface area contributed by atoms with Crippen LogP contribution in [0, 0.1) is 93.1 Å². The number of hydrogen-bond donors (Lipinski definition) is 2. The number of halogens is 16. The first-order valence-electron chi connectivity index (χ1n) is 24.6. The Morgan fingerprint density at radius 1 is 0.193 bits per heavy atom. The average molecular weight is 1240 g/mol. The van der Waals surface area contributed by atoms with E-state index < -0.39 is 272 Å². The third-order valence-electron chi connectivity index (χ3n) is 14.9. The van der Waals surface area contributed by atoms with Crippen LogP contribution in [0.2, 0.25) is 0 Å². The van der Waals surface area contributed by atoms with Gasteiger partial charge in [-0.05, 0) is 0 Å². The van der Waals surface area contributed by atoms with Crippen molar-refractivity contribution < 1.29 is 108 Å². The van der Waals surface area contributed by atoms with Crippen molar-refractivity contribution in [3.05, 3.63) is 93.1 Å². The topological polar surface area (TPSA) is 183 Å². The molecular formula is C56H26F16N8O8. The highest BCUT2D eigenvalue weighted by Crippen LogP contribution is 2.58. The van der Waals surface area contributed by atoms with Crippen molar-refractivity contribution >= 4 is 87.2 Å². The minimum absolute atomic E-state index is 0.659. The summed E-state index contributed by atoms with van der Waals surface area (Å²) < 4.78 is 300. The number of nitrogens with zero attached hydrogens (tertiary/aromatic N) is 6. The number of rotatable bonds is 8. The van der Waals surface area contributed by atoms with Crippen LogP contribution in [0.3, 0.4) is 0 Å². The summed E-state index contributed by atoms with van der Waals surface area (Å²) in [6.45, 7) is 0. The number of hydrogen-bond acceptors (Lipinski definition) is 14. The molecule has 2 N–H and O–H groups in total. The normalized spacial score (nSPS) is 12.1. The third kappa shape index (κ3) is 6.94. The van der Waals surface area contributed by atoms with Gasteiger partial charge in [-0.2, -0.15) is 0 Å². The van der Waals surface area contributed by atoms with Crippen LogP contribution in [0.25, 0.3) is 133 Å². The molecule has 450 valence electrons. The van der Waals surface area contributed by atoms with Gasteiger partial charge in [0.05, 0.1) is 144 Å². The summed E-state index contributed by atoms with van der Waals surface area (Å²) in [4.78, 5) is 32.8. The van der Waals surface area contributed by atoms with Gasteiger partial charge in [0.1, 0.15) is 68.6 Å². The lowest BCUT2D eigenvalue weighted by Gasteiger charge is -2.17. The van der Waals surface area contributed by atoms with E-state index in [0.717, 1.165) is 56.9 Å². The highest BCUT2D eigenvalue weighted by molar-refractivity contribution is 6.23. The Hall–Kier alpha value is -10.6. The van der Waals surface area contributed by atoms with Gasteiger partial charge in [-0.25, -0.2) is 100 Å². The first-order chi connectivity index (χ1) is 42.0. The Bertz CT molecular complexity index is 4680. The fraction of sp³-hybridized carbons (Fsp3) is 0.143. The Morgan fingerprint density at radius 2 is 0.341 bits per heavy atom. The molecule has 2 aliphatic heterocycles.